The molecular weight excluding hydrogens is 334 g/mol. The van der Waals surface area contributed by atoms with Crippen LogP contribution < -0.4 is 20.6 Å². The molecule has 0 atom stereocenters. The number of methoxy groups -OCH3 is 1. The van der Waals surface area contributed by atoms with E-state index in [1.807, 2.05) is 24.3 Å². The van der Waals surface area contributed by atoms with Gasteiger partial charge in [0.25, 0.3) is 0 Å². The Morgan fingerprint density at radius 1 is 1.24 bits per heavy atom. The maximum absolute atomic E-state index is 5.98. The Morgan fingerprint density at radius 2 is 2.08 bits per heavy atom. The van der Waals surface area contributed by atoms with Crippen LogP contribution in [0.5, 0.6) is 11.5 Å². The minimum absolute atomic E-state index is 0.130. The van der Waals surface area contributed by atoms with E-state index in [1.54, 1.807) is 13.3 Å². The van der Waals surface area contributed by atoms with Crippen LogP contribution in [0.25, 0.3) is 0 Å². The molecule has 25 heavy (non-hydrogen) atoms. The van der Waals surface area contributed by atoms with Crippen molar-refractivity contribution in [2.45, 2.75) is 25.9 Å². The number of nitrogens with one attached hydrogen (secondary N) is 1. The quantitative estimate of drug-likeness (QED) is 0.474. The van der Waals surface area contributed by atoms with Gasteiger partial charge in [-0.05, 0) is 78.5 Å². The summed E-state index contributed by atoms with van der Waals surface area (Å²) in [6.07, 6.45) is 5.19. The van der Waals surface area contributed by atoms with Crippen molar-refractivity contribution >= 4 is 23.5 Å². The van der Waals surface area contributed by atoms with Gasteiger partial charge in [0.05, 0.1) is 13.3 Å². The summed E-state index contributed by atoms with van der Waals surface area (Å²) in [4.78, 5) is 0. The van der Waals surface area contributed by atoms with Crippen molar-refractivity contribution in [3.63, 3.8) is 0 Å². The van der Waals surface area contributed by atoms with Gasteiger partial charge in [0.15, 0.2) is 5.11 Å². The molecule has 0 saturated carbocycles. The standard InChI is InChI=1S/C19H21N3O2S/c1-23-18-8-5-13(11-21-22-19(20)25)9-16(18)12-24-17-7-6-14-3-2-4-15(14)10-17/h5-11H,2-4,12H2,1H3,(H3,20,22,25). The lowest BCUT2D eigenvalue weighted by molar-refractivity contribution is 0.296. The Balaban J connectivity index is 1.71. The predicted octanol–water partition coefficient (Wildman–Crippen LogP) is 2.93. The molecule has 6 heteroatoms. The number of nitrogens with zero attached hydrogens (tertiary/aromatic N) is 1. The van der Waals surface area contributed by atoms with Gasteiger partial charge >= 0.3 is 0 Å². The van der Waals surface area contributed by atoms with Crippen molar-refractivity contribution in [2.24, 2.45) is 10.8 Å². The molecule has 0 heterocycles. The van der Waals surface area contributed by atoms with Crippen molar-refractivity contribution in [3.8, 4) is 11.5 Å². The fourth-order valence-electron chi connectivity index (χ4n) is 2.96. The van der Waals surface area contributed by atoms with E-state index in [4.69, 9.17) is 27.4 Å². The second-order valence-electron chi connectivity index (χ2n) is 5.88. The molecule has 5 nitrogen and oxygen atoms in total. The van der Waals surface area contributed by atoms with Gasteiger partial charge in [-0.3, -0.25) is 5.43 Å². The molecule has 1 aliphatic rings. The van der Waals surface area contributed by atoms with Gasteiger partial charge in [0, 0.05) is 5.56 Å². The van der Waals surface area contributed by atoms with Gasteiger partial charge in [-0.25, -0.2) is 0 Å². The summed E-state index contributed by atoms with van der Waals surface area (Å²) in [5.74, 6) is 1.66. The van der Waals surface area contributed by atoms with Crippen LogP contribution in [-0.2, 0) is 19.4 Å². The molecule has 1 aliphatic carbocycles. The van der Waals surface area contributed by atoms with Gasteiger partial charge in [0.1, 0.15) is 18.1 Å². The molecule has 0 amide bonds. The summed E-state index contributed by atoms with van der Waals surface area (Å²) < 4.78 is 11.4. The minimum atomic E-state index is 0.130. The van der Waals surface area contributed by atoms with Gasteiger partial charge < -0.3 is 15.2 Å². The first-order valence-corrected chi connectivity index (χ1v) is 8.56. The van der Waals surface area contributed by atoms with Crippen LogP contribution in [0, 0.1) is 0 Å². The predicted molar refractivity (Wildman–Crippen MR) is 103 cm³/mol. The summed E-state index contributed by atoms with van der Waals surface area (Å²) in [5.41, 5.74) is 12.6. The third-order valence-electron chi connectivity index (χ3n) is 4.16. The fourth-order valence-corrected chi connectivity index (χ4v) is 3.01. The summed E-state index contributed by atoms with van der Waals surface area (Å²) in [6, 6.07) is 12.1. The molecule has 2 aromatic carbocycles. The van der Waals surface area contributed by atoms with Crippen LogP contribution in [0.3, 0.4) is 0 Å². The van der Waals surface area contributed by atoms with E-state index in [0.717, 1.165) is 29.0 Å². The van der Waals surface area contributed by atoms with E-state index >= 15 is 0 Å². The van der Waals surface area contributed by atoms with Crippen LogP contribution in [0.15, 0.2) is 41.5 Å². The number of nitrogens with two attached hydrogens (primary N) is 1. The van der Waals surface area contributed by atoms with E-state index in [9.17, 15) is 0 Å². The topological polar surface area (TPSA) is 68.9 Å². The summed E-state index contributed by atoms with van der Waals surface area (Å²) >= 11 is 4.72. The molecule has 0 aliphatic heterocycles. The highest BCUT2D eigenvalue weighted by Gasteiger charge is 2.12. The summed E-state index contributed by atoms with van der Waals surface area (Å²) in [5, 5.41) is 4.10. The molecule has 0 bridgehead atoms. The number of fused-ring (bicyclic) bond motifs is 1. The maximum Gasteiger partial charge on any atom is 0.184 e. The van der Waals surface area contributed by atoms with Crippen LogP contribution in [0.4, 0.5) is 0 Å². The molecule has 2 aromatic rings. The minimum Gasteiger partial charge on any atom is -0.496 e. The van der Waals surface area contributed by atoms with Crippen molar-refractivity contribution in [2.75, 3.05) is 7.11 Å². The van der Waals surface area contributed by atoms with Gasteiger partial charge in [0.2, 0.25) is 0 Å². The van der Waals surface area contributed by atoms with Crippen molar-refractivity contribution in [1.29, 1.82) is 0 Å². The molecular formula is C19H21N3O2S. The highest BCUT2D eigenvalue weighted by atomic mass is 32.1. The molecule has 0 aromatic heterocycles. The Morgan fingerprint density at radius 3 is 2.88 bits per heavy atom. The lowest BCUT2D eigenvalue weighted by atomic mass is 10.1. The molecule has 0 fully saturated rings. The average Bonchev–Trinajstić information content (AvgIpc) is 3.07. The Kier molecular flexibility index (Phi) is 5.50. The van der Waals surface area contributed by atoms with E-state index < -0.39 is 0 Å². The first kappa shape index (κ1) is 17.2. The Bertz CT molecular complexity index is 805. The Labute approximate surface area is 152 Å². The van der Waals surface area contributed by atoms with E-state index in [1.165, 1.54) is 24.0 Å². The van der Waals surface area contributed by atoms with Gasteiger partial charge in [-0.15, -0.1) is 0 Å². The molecule has 130 valence electrons. The first-order chi connectivity index (χ1) is 12.2. The molecule has 0 unspecified atom stereocenters. The highest BCUT2D eigenvalue weighted by molar-refractivity contribution is 7.80. The van der Waals surface area contributed by atoms with Crippen LogP contribution in [-0.4, -0.2) is 18.4 Å². The van der Waals surface area contributed by atoms with Crippen molar-refractivity contribution in [3.05, 3.63) is 58.7 Å². The van der Waals surface area contributed by atoms with E-state index in [-0.39, 0.29) is 5.11 Å². The number of rotatable bonds is 6. The third-order valence-corrected chi connectivity index (χ3v) is 4.25. The second kappa shape index (κ2) is 7.98. The lowest BCUT2D eigenvalue weighted by Crippen LogP contribution is -2.24. The fraction of sp³-hybridized carbons (Fsp3) is 0.263. The molecule has 3 rings (SSSR count). The van der Waals surface area contributed by atoms with Gasteiger partial charge in [-0.2, -0.15) is 5.10 Å². The second-order valence-corrected chi connectivity index (χ2v) is 6.32. The first-order valence-electron chi connectivity index (χ1n) is 8.16. The molecule has 3 N–H and O–H groups in total. The molecule has 0 spiro atoms. The zero-order chi connectivity index (χ0) is 17.6. The van der Waals surface area contributed by atoms with Crippen LogP contribution in [0.2, 0.25) is 0 Å². The molecule has 0 saturated heterocycles. The number of thiocarbonyl (C=S) groups is 1. The van der Waals surface area contributed by atoms with E-state index in [0.29, 0.717) is 6.61 Å². The zero-order valence-electron chi connectivity index (χ0n) is 14.1. The SMILES string of the molecule is COc1ccc(C=NNC(N)=S)cc1COc1ccc2c(c1)CCC2. The van der Waals surface area contributed by atoms with Crippen LogP contribution in [0.1, 0.15) is 28.7 Å². The van der Waals surface area contributed by atoms with Crippen LogP contribution >= 0.6 is 12.2 Å². The summed E-state index contributed by atoms with van der Waals surface area (Å²) in [7, 11) is 1.65. The Hall–Kier alpha value is -2.60. The average molecular weight is 355 g/mol. The zero-order valence-corrected chi connectivity index (χ0v) is 14.9. The largest absolute Gasteiger partial charge is 0.496 e. The number of hydrogen-bond acceptors (Lipinski definition) is 4. The van der Waals surface area contributed by atoms with E-state index in [2.05, 4.69) is 22.7 Å². The number of aryl methyl sites for hydroxylation is 2. The monoisotopic (exact) mass is 355 g/mol. The maximum atomic E-state index is 5.98. The highest BCUT2D eigenvalue weighted by Crippen LogP contribution is 2.27. The summed E-state index contributed by atoms with van der Waals surface area (Å²) in [6.45, 7) is 0.423. The lowest BCUT2D eigenvalue weighted by Gasteiger charge is -2.12. The number of hydrazone groups is 1. The van der Waals surface area contributed by atoms with Crippen molar-refractivity contribution < 1.29 is 9.47 Å². The molecule has 0 radical (unpaired) electrons. The van der Waals surface area contributed by atoms with Gasteiger partial charge in [-0.1, -0.05) is 6.07 Å². The number of ether oxygens (including phenoxy) is 2. The number of benzene rings is 2. The number of hydrogen-bond donors (Lipinski definition) is 2. The van der Waals surface area contributed by atoms with Crippen molar-refractivity contribution in [1.82, 2.24) is 5.43 Å². The smallest absolute Gasteiger partial charge is 0.184 e. The third kappa shape index (κ3) is 4.48. The normalized spacial score (nSPS) is 12.8.